The lowest BCUT2D eigenvalue weighted by Crippen LogP contribution is -2.35. The lowest BCUT2D eigenvalue weighted by atomic mass is 9.76. The average Bonchev–Trinajstić information content (AvgIpc) is 2.43. The number of nitrogens with two attached hydrogens (primary N) is 1. The molecule has 0 unspecified atom stereocenters. The second-order valence-electron chi connectivity index (χ2n) is 6.83. The normalized spacial score (nSPS) is 34.9. The molecule has 0 saturated heterocycles. The molecule has 0 aromatic rings. The standard InChI is InChI=1S/C16H30N2O2/c17-14-5-1-12(2-6-14)11-13-3-7-15(8-4-13)18-10-9-16(19)20/h12-15,18H,1-11,17H2,(H,19,20). The van der Waals surface area contributed by atoms with Crippen LogP contribution in [0.2, 0.25) is 0 Å². The van der Waals surface area contributed by atoms with E-state index >= 15 is 0 Å². The quantitative estimate of drug-likeness (QED) is 0.700. The van der Waals surface area contributed by atoms with Crippen molar-refractivity contribution in [1.82, 2.24) is 5.32 Å². The predicted molar refractivity (Wildman–Crippen MR) is 80.6 cm³/mol. The van der Waals surface area contributed by atoms with Crippen molar-refractivity contribution in [2.75, 3.05) is 6.54 Å². The zero-order valence-corrected chi connectivity index (χ0v) is 12.5. The SMILES string of the molecule is NC1CCC(CC2CCC(NCCC(=O)O)CC2)CC1. The highest BCUT2D eigenvalue weighted by Gasteiger charge is 2.25. The van der Waals surface area contributed by atoms with E-state index in [1.54, 1.807) is 0 Å². The van der Waals surface area contributed by atoms with Crippen LogP contribution in [0.25, 0.3) is 0 Å². The topological polar surface area (TPSA) is 75.3 Å². The Morgan fingerprint density at radius 3 is 2.10 bits per heavy atom. The maximum atomic E-state index is 10.5. The number of aliphatic carboxylic acids is 1. The van der Waals surface area contributed by atoms with E-state index in [-0.39, 0.29) is 6.42 Å². The molecule has 20 heavy (non-hydrogen) atoms. The summed E-state index contributed by atoms with van der Waals surface area (Å²) in [7, 11) is 0. The van der Waals surface area contributed by atoms with Crippen LogP contribution in [0.4, 0.5) is 0 Å². The number of carboxylic acid groups (broad SMARTS) is 1. The van der Waals surface area contributed by atoms with E-state index in [0.29, 0.717) is 18.6 Å². The first kappa shape index (κ1) is 15.8. The summed E-state index contributed by atoms with van der Waals surface area (Å²) in [4.78, 5) is 10.5. The van der Waals surface area contributed by atoms with Gasteiger partial charge in [0, 0.05) is 18.6 Å². The molecular weight excluding hydrogens is 252 g/mol. The number of carbonyl (C=O) groups is 1. The fourth-order valence-electron chi connectivity index (χ4n) is 3.88. The molecule has 2 saturated carbocycles. The van der Waals surface area contributed by atoms with Gasteiger partial charge in [-0.1, -0.05) is 0 Å². The summed E-state index contributed by atoms with van der Waals surface area (Å²) in [5, 5.41) is 12.0. The van der Waals surface area contributed by atoms with Gasteiger partial charge in [0.1, 0.15) is 0 Å². The van der Waals surface area contributed by atoms with Gasteiger partial charge >= 0.3 is 5.97 Å². The number of hydrogen-bond acceptors (Lipinski definition) is 3. The van der Waals surface area contributed by atoms with Gasteiger partial charge in [0.15, 0.2) is 0 Å². The third-order valence-electron chi connectivity index (χ3n) is 5.18. The van der Waals surface area contributed by atoms with Crippen molar-refractivity contribution in [3.8, 4) is 0 Å². The minimum atomic E-state index is -0.707. The van der Waals surface area contributed by atoms with Crippen molar-refractivity contribution < 1.29 is 9.90 Å². The van der Waals surface area contributed by atoms with Crippen LogP contribution < -0.4 is 11.1 Å². The zero-order chi connectivity index (χ0) is 14.4. The maximum absolute atomic E-state index is 10.5. The highest BCUT2D eigenvalue weighted by molar-refractivity contribution is 5.66. The van der Waals surface area contributed by atoms with Crippen molar-refractivity contribution in [2.45, 2.75) is 76.3 Å². The second kappa shape index (κ2) is 7.99. The number of nitrogens with one attached hydrogen (secondary N) is 1. The molecule has 2 aliphatic carbocycles. The van der Waals surface area contributed by atoms with Gasteiger partial charge in [-0.2, -0.15) is 0 Å². The van der Waals surface area contributed by atoms with E-state index in [1.165, 1.54) is 57.8 Å². The third-order valence-corrected chi connectivity index (χ3v) is 5.18. The van der Waals surface area contributed by atoms with Crippen molar-refractivity contribution >= 4 is 5.97 Å². The van der Waals surface area contributed by atoms with Gasteiger partial charge in [-0.15, -0.1) is 0 Å². The van der Waals surface area contributed by atoms with Gasteiger partial charge in [-0.05, 0) is 69.6 Å². The molecule has 0 radical (unpaired) electrons. The number of rotatable bonds is 6. The summed E-state index contributed by atoms with van der Waals surface area (Å²) in [6.45, 7) is 0.616. The van der Waals surface area contributed by atoms with E-state index in [9.17, 15) is 4.79 Å². The Morgan fingerprint density at radius 2 is 1.55 bits per heavy atom. The van der Waals surface area contributed by atoms with E-state index in [4.69, 9.17) is 10.8 Å². The molecule has 0 aromatic heterocycles. The Hall–Kier alpha value is -0.610. The first-order valence-electron chi connectivity index (χ1n) is 8.34. The minimum Gasteiger partial charge on any atom is -0.481 e. The smallest absolute Gasteiger partial charge is 0.304 e. The summed E-state index contributed by atoms with van der Waals surface area (Å²) < 4.78 is 0. The highest BCUT2D eigenvalue weighted by Crippen LogP contribution is 2.34. The Morgan fingerprint density at radius 1 is 1.00 bits per heavy atom. The third kappa shape index (κ3) is 5.41. The lowest BCUT2D eigenvalue weighted by Gasteiger charge is -2.33. The molecule has 0 aromatic carbocycles. The molecule has 0 aliphatic heterocycles. The summed E-state index contributed by atoms with van der Waals surface area (Å²) in [5.74, 6) is 1.10. The Kier molecular flexibility index (Phi) is 6.30. The van der Waals surface area contributed by atoms with Gasteiger partial charge < -0.3 is 16.2 Å². The largest absolute Gasteiger partial charge is 0.481 e. The van der Waals surface area contributed by atoms with Gasteiger partial charge in [0.2, 0.25) is 0 Å². The summed E-state index contributed by atoms with van der Waals surface area (Å²) in [5.41, 5.74) is 5.97. The van der Waals surface area contributed by atoms with E-state index < -0.39 is 5.97 Å². The lowest BCUT2D eigenvalue weighted by molar-refractivity contribution is -0.136. The predicted octanol–water partition coefficient (Wildman–Crippen LogP) is 2.52. The van der Waals surface area contributed by atoms with Crippen molar-refractivity contribution in [2.24, 2.45) is 17.6 Å². The Balaban J connectivity index is 1.58. The van der Waals surface area contributed by atoms with Crippen molar-refractivity contribution in [3.63, 3.8) is 0 Å². The van der Waals surface area contributed by atoms with Crippen molar-refractivity contribution in [3.05, 3.63) is 0 Å². The van der Waals surface area contributed by atoms with Crippen LogP contribution in [-0.2, 0) is 4.79 Å². The van der Waals surface area contributed by atoms with Gasteiger partial charge in [0.05, 0.1) is 6.42 Å². The molecule has 0 atom stereocenters. The molecule has 0 amide bonds. The monoisotopic (exact) mass is 282 g/mol. The fraction of sp³-hybridized carbons (Fsp3) is 0.938. The number of hydrogen-bond donors (Lipinski definition) is 3. The molecule has 4 nitrogen and oxygen atoms in total. The van der Waals surface area contributed by atoms with E-state index in [2.05, 4.69) is 5.32 Å². The van der Waals surface area contributed by atoms with Crippen LogP contribution >= 0.6 is 0 Å². The number of carboxylic acids is 1. The summed E-state index contributed by atoms with van der Waals surface area (Å²) in [6.07, 6.45) is 11.8. The van der Waals surface area contributed by atoms with Crippen LogP contribution in [0.1, 0.15) is 64.2 Å². The Labute approximate surface area is 122 Å². The van der Waals surface area contributed by atoms with Crippen LogP contribution in [0.5, 0.6) is 0 Å². The van der Waals surface area contributed by atoms with E-state index in [1.807, 2.05) is 0 Å². The molecule has 2 fully saturated rings. The summed E-state index contributed by atoms with van der Waals surface area (Å²) in [6, 6.07) is 1.01. The average molecular weight is 282 g/mol. The zero-order valence-electron chi connectivity index (χ0n) is 12.5. The molecule has 116 valence electrons. The second-order valence-corrected chi connectivity index (χ2v) is 6.83. The Bertz CT molecular complexity index is 293. The van der Waals surface area contributed by atoms with Gasteiger partial charge in [-0.3, -0.25) is 4.79 Å². The first-order valence-corrected chi connectivity index (χ1v) is 8.34. The molecule has 0 spiro atoms. The fourth-order valence-corrected chi connectivity index (χ4v) is 3.88. The molecule has 2 rings (SSSR count). The van der Waals surface area contributed by atoms with Crippen LogP contribution in [0.3, 0.4) is 0 Å². The summed E-state index contributed by atoms with van der Waals surface area (Å²) >= 11 is 0. The van der Waals surface area contributed by atoms with Crippen LogP contribution in [0, 0.1) is 11.8 Å². The molecule has 4 N–H and O–H groups in total. The van der Waals surface area contributed by atoms with Crippen molar-refractivity contribution in [1.29, 1.82) is 0 Å². The molecule has 2 aliphatic rings. The van der Waals surface area contributed by atoms with E-state index in [0.717, 1.165) is 11.8 Å². The van der Waals surface area contributed by atoms with Crippen LogP contribution in [0.15, 0.2) is 0 Å². The minimum absolute atomic E-state index is 0.238. The first-order chi connectivity index (χ1) is 9.63. The molecule has 0 heterocycles. The molecule has 4 heteroatoms. The van der Waals surface area contributed by atoms with Gasteiger partial charge in [-0.25, -0.2) is 0 Å². The van der Waals surface area contributed by atoms with Gasteiger partial charge in [0.25, 0.3) is 0 Å². The van der Waals surface area contributed by atoms with Crippen LogP contribution in [-0.4, -0.2) is 29.7 Å². The molecular formula is C16H30N2O2. The maximum Gasteiger partial charge on any atom is 0.304 e. The molecule has 0 bridgehead atoms. The highest BCUT2D eigenvalue weighted by atomic mass is 16.4.